The topological polar surface area (TPSA) is 38.5 Å². The zero-order valence-electron chi connectivity index (χ0n) is 12.4. The molecule has 3 nitrogen and oxygen atoms in total. The Morgan fingerprint density at radius 1 is 1.10 bits per heavy atom. The highest BCUT2D eigenvalue weighted by atomic mass is 19.1. The zero-order valence-corrected chi connectivity index (χ0v) is 12.4. The van der Waals surface area contributed by atoms with Gasteiger partial charge in [-0.3, -0.25) is 0 Å². The lowest BCUT2D eigenvalue weighted by Crippen LogP contribution is -2.28. The number of hydrogen-bond acceptors (Lipinski definition) is 3. The van der Waals surface area contributed by atoms with E-state index in [2.05, 4.69) is 0 Å². The molecule has 2 rings (SSSR count). The van der Waals surface area contributed by atoms with Gasteiger partial charge in [0.25, 0.3) is 0 Å². The highest BCUT2D eigenvalue weighted by Gasteiger charge is 2.10. The van der Waals surface area contributed by atoms with Crippen LogP contribution in [0.2, 0.25) is 0 Å². The number of anilines is 1. The molecule has 0 aliphatic rings. The minimum absolute atomic E-state index is 0.115. The van der Waals surface area contributed by atoms with E-state index in [0.29, 0.717) is 13.2 Å². The Morgan fingerprint density at radius 3 is 2.29 bits per heavy atom. The molecule has 1 atom stereocenters. The number of likely N-dealkylation sites (N-methyl/N-ethyl adjacent to an activating group) is 1. The minimum Gasteiger partial charge on any atom is -0.494 e. The standard InChI is InChI=1S/C17H21FN2O/c1-3-21-16-10-4-13(5-11-16)17(19)12-20(2)15-8-6-14(18)7-9-15/h4-11,17H,3,12,19H2,1-2H3. The summed E-state index contributed by atoms with van der Waals surface area (Å²) in [6, 6.07) is 14.1. The molecule has 112 valence electrons. The molecule has 4 heteroatoms. The van der Waals surface area contributed by atoms with Gasteiger partial charge in [-0.2, -0.15) is 0 Å². The van der Waals surface area contributed by atoms with Gasteiger partial charge >= 0.3 is 0 Å². The van der Waals surface area contributed by atoms with Gasteiger partial charge in [0.2, 0.25) is 0 Å². The van der Waals surface area contributed by atoms with Gasteiger partial charge in [0.15, 0.2) is 0 Å². The van der Waals surface area contributed by atoms with Crippen molar-refractivity contribution in [3.8, 4) is 5.75 Å². The van der Waals surface area contributed by atoms with E-state index in [1.807, 2.05) is 43.1 Å². The molecule has 0 saturated heterocycles. The monoisotopic (exact) mass is 288 g/mol. The van der Waals surface area contributed by atoms with E-state index in [1.54, 1.807) is 12.1 Å². The Balaban J connectivity index is 1.99. The number of hydrogen-bond donors (Lipinski definition) is 1. The van der Waals surface area contributed by atoms with E-state index in [4.69, 9.17) is 10.5 Å². The third-order valence-electron chi connectivity index (χ3n) is 3.36. The summed E-state index contributed by atoms with van der Waals surface area (Å²) >= 11 is 0. The highest BCUT2D eigenvalue weighted by molar-refractivity contribution is 5.46. The van der Waals surface area contributed by atoms with Crippen LogP contribution >= 0.6 is 0 Å². The molecule has 0 radical (unpaired) electrons. The van der Waals surface area contributed by atoms with Gasteiger partial charge in [-0.25, -0.2) is 4.39 Å². The van der Waals surface area contributed by atoms with Crippen LogP contribution in [0.25, 0.3) is 0 Å². The molecule has 0 spiro atoms. The maximum absolute atomic E-state index is 12.9. The van der Waals surface area contributed by atoms with Crippen LogP contribution in [0.1, 0.15) is 18.5 Å². The van der Waals surface area contributed by atoms with Crippen molar-refractivity contribution in [3.05, 3.63) is 59.9 Å². The van der Waals surface area contributed by atoms with Crippen molar-refractivity contribution in [2.45, 2.75) is 13.0 Å². The summed E-state index contributed by atoms with van der Waals surface area (Å²) in [4.78, 5) is 2.01. The van der Waals surface area contributed by atoms with Crippen molar-refractivity contribution in [2.24, 2.45) is 5.73 Å². The Labute approximate surface area is 125 Å². The van der Waals surface area contributed by atoms with Crippen LogP contribution < -0.4 is 15.4 Å². The fourth-order valence-electron chi connectivity index (χ4n) is 2.18. The lowest BCUT2D eigenvalue weighted by atomic mass is 10.1. The van der Waals surface area contributed by atoms with E-state index in [1.165, 1.54) is 12.1 Å². The smallest absolute Gasteiger partial charge is 0.123 e. The quantitative estimate of drug-likeness (QED) is 0.886. The molecule has 0 fully saturated rings. The highest BCUT2D eigenvalue weighted by Crippen LogP contribution is 2.20. The molecule has 0 heterocycles. The molecule has 0 aromatic heterocycles. The first-order valence-corrected chi connectivity index (χ1v) is 7.05. The first kappa shape index (κ1) is 15.3. The number of nitrogens with zero attached hydrogens (tertiary/aromatic N) is 1. The second kappa shape index (κ2) is 7.09. The molecule has 2 N–H and O–H groups in total. The summed E-state index contributed by atoms with van der Waals surface area (Å²) in [6.45, 7) is 3.26. The van der Waals surface area contributed by atoms with Crippen molar-refractivity contribution < 1.29 is 9.13 Å². The maximum atomic E-state index is 12.9. The molecule has 21 heavy (non-hydrogen) atoms. The average molecular weight is 288 g/mol. The van der Waals surface area contributed by atoms with E-state index < -0.39 is 0 Å². The van der Waals surface area contributed by atoms with E-state index in [0.717, 1.165) is 17.0 Å². The lowest BCUT2D eigenvalue weighted by molar-refractivity contribution is 0.340. The third-order valence-corrected chi connectivity index (χ3v) is 3.36. The SMILES string of the molecule is CCOc1ccc(C(N)CN(C)c2ccc(F)cc2)cc1. The van der Waals surface area contributed by atoms with Gasteiger partial charge in [-0.1, -0.05) is 12.1 Å². The molecule has 2 aromatic carbocycles. The average Bonchev–Trinajstić information content (AvgIpc) is 2.49. The van der Waals surface area contributed by atoms with E-state index >= 15 is 0 Å². The molecule has 0 saturated carbocycles. The number of halogens is 1. The van der Waals surface area contributed by atoms with Crippen LogP contribution in [0.15, 0.2) is 48.5 Å². The van der Waals surface area contributed by atoms with Crippen LogP contribution in [0, 0.1) is 5.82 Å². The van der Waals surface area contributed by atoms with Gasteiger partial charge < -0.3 is 15.4 Å². The summed E-state index contributed by atoms with van der Waals surface area (Å²) in [6.07, 6.45) is 0. The molecule has 0 aliphatic carbocycles. The summed E-state index contributed by atoms with van der Waals surface area (Å²) in [7, 11) is 1.95. The Bertz CT molecular complexity index is 554. The molecule has 0 bridgehead atoms. The zero-order chi connectivity index (χ0) is 15.2. The normalized spacial score (nSPS) is 12.0. The third kappa shape index (κ3) is 4.20. The molecular weight excluding hydrogens is 267 g/mol. The maximum Gasteiger partial charge on any atom is 0.123 e. The van der Waals surface area contributed by atoms with Gasteiger partial charge in [-0.05, 0) is 48.9 Å². The lowest BCUT2D eigenvalue weighted by Gasteiger charge is -2.23. The van der Waals surface area contributed by atoms with Crippen LogP contribution in [-0.4, -0.2) is 20.2 Å². The fraction of sp³-hybridized carbons (Fsp3) is 0.294. The molecular formula is C17H21FN2O. The number of benzene rings is 2. The van der Waals surface area contributed by atoms with Crippen molar-refractivity contribution in [1.29, 1.82) is 0 Å². The predicted octanol–water partition coefficient (Wildman–Crippen LogP) is 3.36. The predicted molar refractivity (Wildman–Crippen MR) is 84.2 cm³/mol. The summed E-state index contributed by atoms with van der Waals surface area (Å²) in [5, 5.41) is 0. The molecule has 2 aromatic rings. The van der Waals surface area contributed by atoms with Crippen molar-refractivity contribution in [1.82, 2.24) is 0 Å². The van der Waals surface area contributed by atoms with Crippen molar-refractivity contribution >= 4 is 5.69 Å². The van der Waals surface area contributed by atoms with E-state index in [-0.39, 0.29) is 11.9 Å². The number of ether oxygens (including phenoxy) is 1. The van der Waals surface area contributed by atoms with Crippen LogP contribution in [-0.2, 0) is 0 Å². The fourth-order valence-corrected chi connectivity index (χ4v) is 2.18. The van der Waals surface area contributed by atoms with Gasteiger partial charge in [0.1, 0.15) is 11.6 Å². The van der Waals surface area contributed by atoms with Crippen LogP contribution in [0.4, 0.5) is 10.1 Å². The van der Waals surface area contributed by atoms with Gasteiger partial charge in [0.05, 0.1) is 6.61 Å². The summed E-state index contributed by atoms with van der Waals surface area (Å²) in [5.74, 6) is 0.614. The molecule has 0 aliphatic heterocycles. The first-order chi connectivity index (χ1) is 10.1. The molecule has 1 unspecified atom stereocenters. The first-order valence-electron chi connectivity index (χ1n) is 7.05. The van der Waals surface area contributed by atoms with Crippen molar-refractivity contribution in [2.75, 3.05) is 25.1 Å². The Hall–Kier alpha value is -2.07. The molecule has 0 amide bonds. The number of rotatable bonds is 6. The van der Waals surface area contributed by atoms with Crippen LogP contribution in [0.5, 0.6) is 5.75 Å². The largest absolute Gasteiger partial charge is 0.494 e. The Morgan fingerprint density at radius 2 is 1.71 bits per heavy atom. The second-order valence-electron chi connectivity index (χ2n) is 4.97. The van der Waals surface area contributed by atoms with Gasteiger partial charge in [-0.15, -0.1) is 0 Å². The minimum atomic E-state index is -0.233. The Kier molecular flexibility index (Phi) is 5.17. The van der Waals surface area contributed by atoms with E-state index in [9.17, 15) is 4.39 Å². The van der Waals surface area contributed by atoms with Gasteiger partial charge in [0, 0.05) is 25.3 Å². The second-order valence-corrected chi connectivity index (χ2v) is 4.97. The summed E-state index contributed by atoms with van der Waals surface area (Å²) < 4.78 is 18.3. The van der Waals surface area contributed by atoms with Crippen LogP contribution in [0.3, 0.4) is 0 Å². The van der Waals surface area contributed by atoms with Crippen molar-refractivity contribution in [3.63, 3.8) is 0 Å². The summed E-state index contributed by atoms with van der Waals surface area (Å²) in [5.41, 5.74) is 8.22. The number of nitrogens with two attached hydrogens (primary N) is 1.